The van der Waals surface area contributed by atoms with Gasteiger partial charge in [-0.1, -0.05) is 30.3 Å². The van der Waals surface area contributed by atoms with Gasteiger partial charge in [-0.3, -0.25) is 9.59 Å². The van der Waals surface area contributed by atoms with Gasteiger partial charge in [0, 0.05) is 19.2 Å². The van der Waals surface area contributed by atoms with Crippen LogP contribution in [0.4, 0.5) is 0 Å². The lowest BCUT2D eigenvalue weighted by atomic mass is 10.0. The van der Waals surface area contributed by atoms with Crippen LogP contribution in [0.2, 0.25) is 0 Å². The molecule has 0 atom stereocenters. The molecule has 0 radical (unpaired) electrons. The minimum atomic E-state index is -0.842. The lowest BCUT2D eigenvalue weighted by Gasteiger charge is -2.10. The summed E-state index contributed by atoms with van der Waals surface area (Å²) in [4.78, 5) is 23.3. The van der Waals surface area contributed by atoms with E-state index < -0.39 is 11.8 Å². The standard InChI is InChI=1S/C18H21N3O4/c1-3-25-16-9-8-13-6-4-5-7-14(13)15(16)12-20-21-18(23)17(22)19-10-11-24-2/h4-9,12H,3,10-11H2,1-2H3,(H,19,22)(H,21,23)/b20-12-. The molecule has 2 rings (SSSR count). The molecule has 2 aromatic rings. The van der Waals surface area contributed by atoms with Gasteiger partial charge in [-0.25, -0.2) is 5.43 Å². The zero-order chi connectivity index (χ0) is 18.1. The van der Waals surface area contributed by atoms with Crippen LogP contribution < -0.4 is 15.5 Å². The molecular weight excluding hydrogens is 322 g/mol. The molecular formula is C18H21N3O4. The number of rotatable bonds is 7. The van der Waals surface area contributed by atoms with Crippen molar-refractivity contribution in [1.82, 2.24) is 10.7 Å². The second-order valence-corrected chi connectivity index (χ2v) is 5.08. The summed E-state index contributed by atoms with van der Waals surface area (Å²) in [5.74, 6) is -0.952. The molecule has 0 aliphatic carbocycles. The summed E-state index contributed by atoms with van der Waals surface area (Å²) in [6.07, 6.45) is 1.48. The number of nitrogens with zero attached hydrogens (tertiary/aromatic N) is 1. The van der Waals surface area contributed by atoms with Crippen molar-refractivity contribution in [2.45, 2.75) is 6.92 Å². The predicted octanol–water partition coefficient (Wildman–Crippen LogP) is 1.45. The molecule has 2 aromatic carbocycles. The largest absolute Gasteiger partial charge is 0.493 e. The first-order valence-corrected chi connectivity index (χ1v) is 7.92. The van der Waals surface area contributed by atoms with Gasteiger partial charge >= 0.3 is 11.8 Å². The van der Waals surface area contributed by atoms with Crippen LogP contribution >= 0.6 is 0 Å². The van der Waals surface area contributed by atoms with Crippen LogP contribution in [0.25, 0.3) is 10.8 Å². The fourth-order valence-electron chi connectivity index (χ4n) is 2.24. The highest BCUT2D eigenvalue weighted by Gasteiger charge is 2.12. The zero-order valence-electron chi connectivity index (χ0n) is 14.2. The van der Waals surface area contributed by atoms with Crippen molar-refractivity contribution in [2.75, 3.05) is 26.9 Å². The number of nitrogens with one attached hydrogen (secondary N) is 2. The summed E-state index contributed by atoms with van der Waals surface area (Å²) in [5, 5.41) is 8.27. The van der Waals surface area contributed by atoms with Crippen molar-refractivity contribution in [3.8, 4) is 5.75 Å². The van der Waals surface area contributed by atoms with Crippen molar-refractivity contribution >= 4 is 28.8 Å². The predicted molar refractivity (Wildman–Crippen MR) is 95.7 cm³/mol. The van der Waals surface area contributed by atoms with E-state index in [0.717, 1.165) is 16.3 Å². The lowest BCUT2D eigenvalue weighted by Crippen LogP contribution is -2.39. The molecule has 0 aromatic heterocycles. The van der Waals surface area contributed by atoms with Gasteiger partial charge in [-0.05, 0) is 23.8 Å². The SMILES string of the molecule is CCOc1ccc2ccccc2c1/C=N\NC(=O)C(=O)NCCOC. The monoisotopic (exact) mass is 343 g/mol. The van der Waals surface area contributed by atoms with E-state index in [4.69, 9.17) is 9.47 Å². The van der Waals surface area contributed by atoms with E-state index in [1.54, 1.807) is 0 Å². The molecule has 0 fully saturated rings. The summed E-state index contributed by atoms with van der Waals surface area (Å²) in [7, 11) is 1.51. The fourth-order valence-corrected chi connectivity index (χ4v) is 2.24. The molecule has 0 spiro atoms. The van der Waals surface area contributed by atoms with E-state index in [2.05, 4.69) is 15.8 Å². The van der Waals surface area contributed by atoms with Crippen LogP contribution in [0.3, 0.4) is 0 Å². The van der Waals surface area contributed by atoms with E-state index in [1.807, 2.05) is 43.3 Å². The molecule has 2 N–H and O–H groups in total. The minimum absolute atomic E-state index is 0.254. The Morgan fingerprint density at radius 3 is 2.72 bits per heavy atom. The molecule has 0 unspecified atom stereocenters. The third kappa shape index (κ3) is 5.02. The third-order valence-corrected chi connectivity index (χ3v) is 3.39. The van der Waals surface area contributed by atoms with Crippen LogP contribution in [0, 0.1) is 0 Å². The number of ether oxygens (including phenoxy) is 2. The van der Waals surface area contributed by atoms with Gasteiger partial charge in [-0.15, -0.1) is 0 Å². The second-order valence-electron chi connectivity index (χ2n) is 5.08. The van der Waals surface area contributed by atoms with Crippen molar-refractivity contribution < 1.29 is 19.1 Å². The Kier molecular flexibility index (Phi) is 6.91. The number of hydrogen-bond donors (Lipinski definition) is 2. The number of hydrazone groups is 1. The van der Waals surface area contributed by atoms with Crippen LogP contribution in [0.5, 0.6) is 5.75 Å². The maximum Gasteiger partial charge on any atom is 0.329 e. The molecule has 7 nitrogen and oxygen atoms in total. The van der Waals surface area contributed by atoms with Crippen LogP contribution in [-0.4, -0.2) is 44.9 Å². The minimum Gasteiger partial charge on any atom is -0.493 e. The van der Waals surface area contributed by atoms with Gasteiger partial charge < -0.3 is 14.8 Å². The molecule has 0 heterocycles. The smallest absolute Gasteiger partial charge is 0.329 e. The van der Waals surface area contributed by atoms with Gasteiger partial charge in [-0.2, -0.15) is 5.10 Å². The molecule has 0 aliphatic rings. The molecule has 0 bridgehead atoms. The number of carbonyl (C=O) groups is 2. The van der Waals surface area contributed by atoms with Crippen molar-refractivity contribution in [3.63, 3.8) is 0 Å². The third-order valence-electron chi connectivity index (χ3n) is 3.39. The van der Waals surface area contributed by atoms with Crippen LogP contribution in [-0.2, 0) is 14.3 Å². The van der Waals surface area contributed by atoms with E-state index in [0.29, 0.717) is 19.0 Å². The quantitative estimate of drug-likeness (QED) is 0.345. The molecule has 0 saturated heterocycles. The van der Waals surface area contributed by atoms with Crippen LogP contribution in [0.15, 0.2) is 41.5 Å². The maximum absolute atomic E-state index is 11.7. The average molecular weight is 343 g/mol. The summed E-state index contributed by atoms with van der Waals surface area (Å²) in [6.45, 7) is 2.98. The van der Waals surface area contributed by atoms with E-state index in [-0.39, 0.29) is 6.54 Å². The van der Waals surface area contributed by atoms with Gasteiger partial charge in [0.25, 0.3) is 0 Å². The molecule has 2 amide bonds. The lowest BCUT2D eigenvalue weighted by molar-refractivity contribution is -0.139. The topological polar surface area (TPSA) is 89.0 Å². The number of fused-ring (bicyclic) bond motifs is 1. The first-order chi connectivity index (χ1) is 12.2. The summed E-state index contributed by atoms with van der Waals surface area (Å²) in [6, 6.07) is 11.6. The van der Waals surface area contributed by atoms with E-state index in [9.17, 15) is 9.59 Å². The molecule has 25 heavy (non-hydrogen) atoms. The number of amides is 2. The number of hydrogen-bond acceptors (Lipinski definition) is 5. The maximum atomic E-state index is 11.7. The normalized spacial score (nSPS) is 10.8. The Morgan fingerprint density at radius 1 is 1.16 bits per heavy atom. The Hall–Kier alpha value is -2.93. The highest BCUT2D eigenvalue weighted by molar-refractivity contribution is 6.35. The molecule has 132 valence electrons. The Balaban J connectivity index is 2.13. The highest BCUT2D eigenvalue weighted by atomic mass is 16.5. The van der Waals surface area contributed by atoms with Crippen molar-refractivity contribution in [3.05, 3.63) is 42.0 Å². The summed E-state index contributed by atoms with van der Waals surface area (Å²) >= 11 is 0. The fraction of sp³-hybridized carbons (Fsp3) is 0.278. The molecule has 0 saturated carbocycles. The first-order valence-electron chi connectivity index (χ1n) is 7.92. The van der Waals surface area contributed by atoms with Gasteiger partial charge in [0.15, 0.2) is 0 Å². The zero-order valence-corrected chi connectivity index (χ0v) is 14.2. The van der Waals surface area contributed by atoms with E-state index >= 15 is 0 Å². The molecule has 0 aliphatic heterocycles. The summed E-state index contributed by atoms with van der Waals surface area (Å²) in [5.41, 5.74) is 2.95. The van der Waals surface area contributed by atoms with Gasteiger partial charge in [0.1, 0.15) is 5.75 Å². The number of methoxy groups -OCH3 is 1. The van der Waals surface area contributed by atoms with Crippen molar-refractivity contribution in [1.29, 1.82) is 0 Å². The Morgan fingerprint density at radius 2 is 1.96 bits per heavy atom. The Labute approximate surface area is 146 Å². The number of carbonyl (C=O) groups excluding carboxylic acids is 2. The second kappa shape index (κ2) is 9.39. The highest BCUT2D eigenvalue weighted by Crippen LogP contribution is 2.26. The van der Waals surface area contributed by atoms with Crippen LogP contribution in [0.1, 0.15) is 12.5 Å². The first kappa shape index (κ1) is 18.4. The number of benzene rings is 2. The van der Waals surface area contributed by atoms with Gasteiger partial charge in [0.2, 0.25) is 0 Å². The summed E-state index contributed by atoms with van der Waals surface area (Å²) < 4.78 is 10.4. The Bertz CT molecular complexity index is 774. The van der Waals surface area contributed by atoms with Gasteiger partial charge in [0.05, 0.1) is 19.4 Å². The molecule has 7 heteroatoms. The average Bonchev–Trinajstić information content (AvgIpc) is 2.63. The van der Waals surface area contributed by atoms with Crippen molar-refractivity contribution in [2.24, 2.45) is 5.10 Å². The van der Waals surface area contributed by atoms with E-state index in [1.165, 1.54) is 13.3 Å².